The minimum Gasteiger partial charge on any atom is -0.343 e. The van der Waals surface area contributed by atoms with E-state index in [4.69, 9.17) is 0 Å². The number of rotatable bonds is 4. The molecule has 178 valence electrons. The fourth-order valence-corrected chi connectivity index (χ4v) is 4.71. The maximum absolute atomic E-state index is 13.6. The van der Waals surface area contributed by atoms with E-state index >= 15 is 0 Å². The molecule has 0 N–H and O–H groups in total. The average molecular weight is 466 g/mol. The predicted molar refractivity (Wildman–Crippen MR) is 111 cm³/mol. The van der Waals surface area contributed by atoms with Crippen molar-refractivity contribution < 1.29 is 27.2 Å². The lowest BCUT2D eigenvalue weighted by molar-refractivity contribution is -0.142. The highest BCUT2D eigenvalue weighted by Gasteiger charge is 2.41. The summed E-state index contributed by atoms with van der Waals surface area (Å²) in [6.45, 7) is 3.02. The molecule has 1 saturated heterocycles. The molecule has 3 heterocycles. The molecule has 1 aromatic carbocycles. The average Bonchev–Trinajstić information content (AvgIpc) is 3.13. The molecule has 0 aliphatic carbocycles. The molecule has 2 aliphatic heterocycles. The van der Waals surface area contributed by atoms with Crippen LogP contribution in [0.2, 0.25) is 0 Å². The van der Waals surface area contributed by atoms with Gasteiger partial charge in [-0.15, -0.1) is 0 Å². The topological polar surface area (TPSA) is 58.4 Å². The maximum atomic E-state index is 13.6. The van der Waals surface area contributed by atoms with Crippen LogP contribution in [0.4, 0.5) is 17.6 Å². The highest BCUT2D eigenvalue weighted by Crippen LogP contribution is 2.35. The van der Waals surface area contributed by atoms with E-state index in [1.54, 1.807) is 9.80 Å². The van der Waals surface area contributed by atoms with Gasteiger partial charge in [-0.1, -0.05) is 12.1 Å². The van der Waals surface area contributed by atoms with Crippen molar-refractivity contribution in [2.75, 3.05) is 19.6 Å². The zero-order valence-corrected chi connectivity index (χ0v) is 18.4. The van der Waals surface area contributed by atoms with Gasteiger partial charge in [0.1, 0.15) is 5.82 Å². The van der Waals surface area contributed by atoms with Gasteiger partial charge < -0.3 is 9.80 Å². The highest BCUT2D eigenvalue weighted by atomic mass is 19.4. The summed E-state index contributed by atoms with van der Waals surface area (Å²) in [6, 6.07) is 5.51. The van der Waals surface area contributed by atoms with Crippen LogP contribution >= 0.6 is 0 Å². The Kier molecular flexibility index (Phi) is 6.45. The molecule has 1 atom stereocenters. The van der Waals surface area contributed by atoms with Crippen LogP contribution in [0.25, 0.3) is 0 Å². The normalized spacial score (nSPS) is 18.9. The Morgan fingerprint density at radius 3 is 2.52 bits per heavy atom. The lowest BCUT2D eigenvalue weighted by atomic mass is 9.93. The smallest absolute Gasteiger partial charge is 0.343 e. The molecule has 6 nitrogen and oxygen atoms in total. The Balaban J connectivity index is 1.52. The van der Waals surface area contributed by atoms with E-state index in [2.05, 4.69) is 5.10 Å². The van der Waals surface area contributed by atoms with Crippen LogP contribution < -0.4 is 0 Å². The number of halogens is 4. The van der Waals surface area contributed by atoms with Crippen molar-refractivity contribution in [2.24, 2.45) is 5.92 Å². The fourth-order valence-electron chi connectivity index (χ4n) is 4.71. The Bertz CT molecular complexity index is 1030. The number of benzene rings is 1. The van der Waals surface area contributed by atoms with Crippen molar-refractivity contribution in [3.05, 3.63) is 52.6 Å². The first-order chi connectivity index (χ1) is 15.6. The molecular formula is C23H26F4N4O2. The Labute approximate surface area is 189 Å². The number of likely N-dealkylation sites (tertiary alicyclic amines) is 1. The van der Waals surface area contributed by atoms with E-state index in [-0.39, 0.29) is 55.8 Å². The maximum Gasteiger partial charge on any atom is 0.435 e. The monoisotopic (exact) mass is 466 g/mol. The number of alkyl halides is 3. The molecule has 1 unspecified atom stereocenters. The van der Waals surface area contributed by atoms with E-state index in [0.29, 0.717) is 24.3 Å². The Hall–Kier alpha value is -2.91. The third-order valence-electron chi connectivity index (χ3n) is 6.43. The molecule has 0 bridgehead atoms. The van der Waals surface area contributed by atoms with Crippen molar-refractivity contribution in [3.63, 3.8) is 0 Å². The van der Waals surface area contributed by atoms with Crippen molar-refractivity contribution in [1.29, 1.82) is 0 Å². The number of carbonyl (C=O) groups excluding carboxylic acids is 2. The van der Waals surface area contributed by atoms with Gasteiger partial charge in [0.2, 0.25) is 11.8 Å². The highest BCUT2D eigenvalue weighted by molar-refractivity contribution is 5.77. The van der Waals surface area contributed by atoms with E-state index in [9.17, 15) is 27.2 Å². The minimum atomic E-state index is -4.59. The summed E-state index contributed by atoms with van der Waals surface area (Å²) >= 11 is 0. The lowest BCUT2D eigenvalue weighted by Gasteiger charge is -2.34. The first-order valence-electron chi connectivity index (χ1n) is 11.1. The van der Waals surface area contributed by atoms with Crippen LogP contribution in [-0.4, -0.2) is 51.0 Å². The second kappa shape index (κ2) is 9.15. The molecule has 4 rings (SSSR count). The van der Waals surface area contributed by atoms with Crippen LogP contribution in [0.15, 0.2) is 24.3 Å². The molecule has 2 aliphatic rings. The number of hydrogen-bond donors (Lipinski definition) is 0. The molecule has 0 spiro atoms. The largest absolute Gasteiger partial charge is 0.435 e. The van der Waals surface area contributed by atoms with E-state index in [0.717, 1.165) is 12.8 Å². The number of nitrogens with zero attached hydrogens (tertiary/aromatic N) is 4. The molecule has 10 heteroatoms. The first kappa shape index (κ1) is 23.3. The van der Waals surface area contributed by atoms with E-state index < -0.39 is 17.7 Å². The van der Waals surface area contributed by atoms with Gasteiger partial charge in [0.15, 0.2) is 5.69 Å². The van der Waals surface area contributed by atoms with Crippen molar-refractivity contribution in [3.8, 4) is 0 Å². The standard InChI is InChI=1S/C23H26F4N4O2/c1-15(32)29-9-2-3-17(12-29)11-21(33)30-10-8-19-20(14-30)31(28-22(19)23(25,26)27)13-16-4-6-18(24)7-5-16/h4-7,17H,2-3,8-14H2,1H3. The summed E-state index contributed by atoms with van der Waals surface area (Å²) in [6.07, 6.45) is -2.58. The fraction of sp³-hybridized carbons (Fsp3) is 0.522. The van der Waals surface area contributed by atoms with Crippen molar-refractivity contribution in [1.82, 2.24) is 19.6 Å². The van der Waals surface area contributed by atoms with Gasteiger partial charge >= 0.3 is 6.18 Å². The third kappa shape index (κ3) is 5.20. The minimum absolute atomic E-state index is 0.0147. The lowest BCUT2D eigenvalue weighted by Crippen LogP contribution is -2.42. The van der Waals surface area contributed by atoms with Crippen LogP contribution in [-0.2, 0) is 35.3 Å². The molecule has 2 aromatic rings. The van der Waals surface area contributed by atoms with Crippen molar-refractivity contribution >= 4 is 11.8 Å². The molecule has 1 fully saturated rings. The zero-order valence-electron chi connectivity index (χ0n) is 18.4. The summed E-state index contributed by atoms with van der Waals surface area (Å²) in [5.41, 5.74) is 0.177. The first-order valence-corrected chi connectivity index (χ1v) is 11.1. The van der Waals surface area contributed by atoms with Gasteiger partial charge in [-0.25, -0.2) is 4.39 Å². The summed E-state index contributed by atoms with van der Waals surface area (Å²) < 4.78 is 55.3. The summed E-state index contributed by atoms with van der Waals surface area (Å²) in [7, 11) is 0. The molecule has 0 saturated carbocycles. The van der Waals surface area contributed by atoms with E-state index in [1.165, 1.54) is 35.9 Å². The molecule has 33 heavy (non-hydrogen) atoms. The molecule has 2 amide bonds. The summed E-state index contributed by atoms with van der Waals surface area (Å²) in [5, 5.41) is 3.84. The van der Waals surface area contributed by atoms with Gasteiger partial charge in [0.25, 0.3) is 0 Å². The van der Waals surface area contributed by atoms with Crippen LogP contribution in [0, 0.1) is 11.7 Å². The quantitative estimate of drug-likeness (QED) is 0.647. The summed E-state index contributed by atoms with van der Waals surface area (Å²) in [5.74, 6) is -0.523. The zero-order chi connectivity index (χ0) is 23.8. The van der Waals surface area contributed by atoms with Gasteiger partial charge in [-0.2, -0.15) is 18.3 Å². The number of amides is 2. The predicted octanol–water partition coefficient (Wildman–Crippen LogP) is 3.62. The second-order valence-electron chi connectivity index (χ2n) is 8.80. The SMILES string of the molecule is CC(=O)N1CCCC(CC(=O)N2CCc3c(C(F)(F)F)nn(Cc4ccc(F)cc4)c3C2)C1. The molecule has 0 radical (unpaired) electrons. The number of hydrogen-bond acceptors (Lipinski definition) is 3. The second-order valence-corrected chi connectivity index (χ2v) is 8.80. The van der Waals surface area contributed by atoms with Gasteiger partial charge in [0.05, 0.1) is 18.8 Å². The number of piperidine rings is 1. The Morgan fingerprint density at radius 2 is 1.85 bits per heavy atom. The molecule has 1 aromatic heterocycles. The third-order valence-corrected chi connectivity index (χ3v) is 6.43. The van der Waals surface area contributed by atoms with Crippen LogP contribution in [0.1, 0.15) is 48.7 Å². The van der Waals surface area contributed by atoms with E-state index in [1.807, 2.05) is 0 Å². The van der Waals surface area contributed by atoms with Crippen LogP contribution in [0.3, 0.4) is 0 Å². The Morgan fingerprint density at radius 1 is 1.12 bits per heavy atom. The van der Waals surface area contributed by atoms with Gasteiger partial charge in [0, 0.05) is 38.5 Å². The van der Waals surface area contributed by atoms with Gasteiger partial charge in [-0.05, 0) is 42.9 Å². The number of fused-ring (bicyclic) bond motifs is 1. The van der Waals surface area contributed by atoms with Crippen molar-refractivity contribution in [2.45, 2.75) is 51.9 Å². The molecular weight excluding hydrogens is 440 g/mol. The van der Waals surface area contributed by atoms with Crippen LogP contribution in [0.5, 0.6) is 0 Å². The number of aromatic nitrogens is 2. The summed E-state index contributed by atoms with van der Waals surface area (Å²) in [4.78, 5) is 28.0. The number of carbonyl (C=O) groups is 2. The van der Waals surface area contributed by atoms with Gasteiger partial charge in [-0.3, -0.25) is 14.3 Å².